The van der Waals surface area contributed by atoms with Gasteiger partial charge in [0.25, 0.3) is 0 Å². The highest BCUT2D eigenvalue weighted by Crippen LogP contribution is 2.27. The number of rotatable bonds is 3. The summed E-state index contributed by atoms with van der Waals surface area (Å²) < 4.78 is 0. The number of aromatic nitrogens is 4. The van der Waals surface area contributed by atoms with Gasteiger partial charge >= 0.3 is 0 Å². The largest absolute Gasteiger partial charge is 0.507 e. The fourth-order valence-corrected chi connectivity index (χ4v) is 1.87. The first-order valence-corrected chi connectivity index (χ1v) is 6.13. The molecule has 1 heterocycles. The molecule has 1 aromatic heterocycles. The summed E-state index contributed by atoms with van der Waals surface area (Å²) in [6.07, 6.45) is 3.98. The van der Waals surface area contributed by atoms with E-state index in [2.05, 4.69) is 20.6 Å². The minimum absolute atomic E-state index is 0.128. The van der Waals surface area contributed by atoms with E-state index >= 15 is 0 Å². The van der Waals surface area contributed by atoms with Gasteiger partial charge in [-0.15, -0.1) is 10.2 Å². The van der Waals surface area contributed by atoms with Gasteiger partial charge in [0, 0.05) is 0 Å². The highest BCUT2D eigenvalue weighted by Gasteiger charge is 2.08. The first-order valence-electron chi connectivity index (χ1n) is 6.13. The molecule has 2 aromatic carbocycles. The Labute approximate surface area is 115 Å². The number of tetrazole rings is 1. The quantitative estimate of drug-likeness (QED) is 0.713. The van der Waals surface area contributed by atoms with Crippen molar-refractivity contribution in [1.82, 2.24) is 20.6 Å². The van der Waals surface area contributed by atoms with Gasteiger partial charge in [0.15, 0.2) is 0 Å². The molecule has 0 atom stereocenters. The number of phenols is 1. The zero-order valence-corrected chi connectivity index (χ0v) is 10.6. The Bertz CT molecular complexity index is 721. The van der Waals surface area contributed by atoms with Gasteiger partial charge in [-0.2, -0.15) is 5.21 Å². The highest BCUT2D eigenvalue weighted by molar-refractivity contribution is 5.74. The lowest BCUT2D eigenvalue weighted by Gasteiger charge is -2.01. The van der Waals surface area contributed by atoms with Gasteiger partial charge in [-0.3, -0.25) is 0 Å². The van der Waals surface area contributed by atoms with Crippen molar-refractivity contribution in [1.29, 1.82) is 0 Å². The van der Waals surface area contributed by atoms with E-state index in [1.165, 1.54) is 0 Å². The zero-order chi connectivity index (χ0) is 13.8. The van der Waals surface area contributed by atoms with Gasteiger partial charge in [0.2, 0.25) is 5.82 Å². The smallest absolute Gasteiger partial charge is 0.208 e. The van der Waals surface area contributed by atoms with Crippen molar-refractivity contribution in [2.45, 2.75) is 0 Å². The lowest BCUT2D eigenvalue weighted by atomic mass is 10.1. The second-order valence-electron chi connectivity index (χ2n) is 4.26. The molecular weight excluding hydrogens is 252 g/mol. The maximum Gasteiger partial charge on any atom is 0.208 e. The summed E-state index contributed by atoms with van der Waals surface area (Å²) in [6.45, 7) is 0. The van der Waals surface area contributed by atoms with Gasteiger partial charge in [0.1, 0.15) is 5.75 Å². The molecule has 0 radical (unpaired) electrons. The summed E-state index contributed by atoms with van der Waals surface area (Å²) in [4.78, 5) is 0. The molecule has 5 nitrogen and oxygen atoms in total. The van der Waals surface area contributed by atoms with Crippen molar-refractivity contribution in [2.24, 2.45) is 0 Å². The molecule has 2 N–H and O–H groups in total. The molecule has 0 saturated carbocycles. The third kappa shape index (κ3) is 2.56. The third-order valence-corrected chi connectivity index (χ3v) is 2.87. The van der Waals surface area contributed by atoms with E-state index in [1.54, 1.807) is 6.07 Å². The number of nitrogens with one attached hydrogen (secondary N) is 1. The number of hydrogen-bond donors (Lipinski definition) is 2. The predicted octanol–water partition coefficient (Wildman–Crippen LogP) is 2.74. The molecule has 20 heavy (non-hydrogen) atoms. The molecule has 0 amide bonds. The summed E-state index contributed by atoms with van der Waals surface area (Å²) in [6, 6.07) is 15.3. The molecule has 0 unspecified atom stereocenters. The molecular formula is C15H12N4O. The predicted molar refractivity (Wildman–Crippen MR) is 76.6 cm³/mol. The van der Waals surface area contributed by atoms with E-state index in [-0.39, 0.29) is 5.75 Å². The van der Waals surface area contributed by atoms with Crippen LogP contribution in [0.1, 0.15) is 11.1 Å². The zero-order valence-electron chi connectivity index (χ0n) is 10.6. The summed E-state index contributed by atoms with van der Waals surface area (Å²) in [5.74, 6) is 0.501. The maximum atomic E-state index is 9.85. The molecule has 0 bridgehead atoms. The highest BCUT2D eigenvalue weighted by atomic mass is 16.3. The van der Waals surface area contributed by atoms with Gasteiger partial charge in [-0.05, 0) is 28.5 Å². The molecule has 0 aliphatic carbocycles. The number of aromatic hydroxyl groups is 1. The molecule has 0 spiro atoms. The van der Waals surface area contributed by atoms with Crippen molar-refractivity contribution in [3.8, 4) is 17.1 Å². The van der Waals surface area contributed by atoms with Crippen LogP contribution in [0.25, 0.3) is 23.5 Å². The Morgan fingerprint density at radius 3 is 2.50 bits per heavy atom. The third-order valence-electron chi connectivity index (χ3n) is 2.87. The Morgan fingerprint density at radius 1 is 0.950 bits per heavy atom. The van der Waals surface area contributed by atoms with Crippen LogP contribution in [0.5, 0.6) is 5.75 Å². The molecule has 0 aliphatic heterocycles. The number of aromatic amines is 1. The van der Waals surface area contributed by atoms with Crippen LogP contribution in [-0.2, 0) is 0 Å². The van der Waals surface area contributed by atoms with Crippen molar-refractivity contribution < 1.29 is 5.11 Å². The van der Waals surface area contributed by atoms with Crippen LogP contribution in [-0.4, -0.2) is 25.7 Å². The average Bonchev–Trinajstić information content (AvgIpc) is 3.01. The van der Waals surface area contributed by atoms with Crippen molar-refractivity contribution in [3.05, 3.63) is 59.7 Å². The second-order valence-corrected chi connectivity index (χ2v) is 4.26. The van der Waals surface area contributed by atoms with Gasteiger partial charge in [0.05, 0.1) is 5.56 Å². The van der Waals surface area contributed by atoms with E-state index in [1.807, 2.05) is 54.6 Å². The number of benzene rings is 2. The average molecular weight is 264 g/mol. The van der Waals surface area contributed by atoms with Gasteiger partial charge in [-0.1, -0.05) is 48.6 Å². The van der Waals surface area contributed by atoms with Crippen molar-refractivity contribution in [2.75, 3.05) is 0 Å². The van der Waals surface area contributed by atoms with E-state index in [0.717, 1.165) is 11.1 Å². The summed E-state index contributed by atoms with van der Waals surface area (Å²) in [5, 5.41) is 23.5. The summed E-state index contributed by atoms with van der Waals surface area (Å²) >= 11 is 0. The lowest BCUT2D eigenvalue weighted by Crippen LogP contribution is -1.84. The normalized spacial score (nSPS) is 11.0. The van der Waals surface area contributed by atoms with E-state index < -0.39 is 0 Å². The molecule has 3 rings (SSSR count). The number of H-pyrrole nitrogens is 1. The van der Waals surface area contributed by atoms with Crippen molar-refractivity contribution in [3.63, 3.8) is 0 Å². The Kier molecular flexibility index (Phi) is 3.24. The Balaban J connectivity index is 1.92. The summed E-state index contributed by atoms with van der Waals surface area (Å²) in [7, 11) is 0. The number of hydrogen-bond acceptors (Lipinski definition) is 4. The van der Waals surface area contributed by atoms with Crippen molar-refractivity contribution >= 4 is 12.2 Å². The number of nitrogens with zero attached hydrogens (tertiary/aromatic N) is 3. The Morgan fingerprint density at radius 2 is 1.75 bits per heavy atom. The van der Waals surface area contributed by atoms with Gasteiger partial charge < -0.3 is 5.11 Å². The molecule has 0 fully saturated rings. The Hall–Kier alpha value is -2.95. The first-order chi connectivity index (χ1) is 9.83. The fourth-order valence-electron chi connectivity index (χ4n) is 1.87. The molecule has 0 saturated heterocycles. The van der Waals surface area contributed by atoms with Crippen LogP contribution in [0, 0.1) is 0 Å². The van der Waals surface area contributed by atoms with Crippen LogP contribution in [0.15, 0.2) is 48.5 Å². The standard InChI is InChI=1S/C15H12N4O/c20-14-9-8-12(7-6-11-4-2-1-3-5-11)10-13(14)15-16-18-19-17-15/h1-10,20H,(H,16,17,18,19)/b7-6+. The fraction of sp³-hybridized carbons (Fsp3) is 0. The van der Waals surface area contributed by atoms with Crippen LogP contribution < -0.4 is 0 Å². The van der Waals surface area contributed by atoms with Crippen LogP contribution in [0.4, 0.5) is 0 Å². The van der Waals surface area contributed by atoms with Gasteiger partial charge in [-0.25, -0.2) is 0 Å². The second kappa shape index (κ2) is 5.36. The molecule has 5 heteroatoms. The monoisotopic (exact) mass is 264 g/mol. The van der Waals surface area contributed by atoms with Crippen LogP contribution in [0.2, 0.25) is 0 Å². The maximum absolute atomic E-state index is 9.85. The topological polar surface area (TPSA) is 74.7 Å². The van der Waals surface area contributed by atoms with E-state index in [4.69, 9.17) is 0 Å². The lowest BCUT2D eigenvalue weighted by molar-refractivity contribution is 0.477. The minimum atomic E-state index is 0.128. The molecule has 3 aromatic rings. The van der Waals surface area contributed by atoms with E-state index in [9.17, 15) is 5.11 Å². The SMILES string of the molecule is Oc1ccc(/C=C/c2ccccc2)cc1-c1nn[nH]n1. The number of phenolic OH excluding ortho intramolecular Hbond substituents is 1. The first kappa shape index (κ1) is 12.1. The van der Waals surface area contributed by atoms with E-state index in [0.29, 0.717) is 11.4 Å². The molecule has 0 aliphatic rings. The minimum Gasteiger partial charge on any atom is -0.507 e. The van der Waals surface area contributed by atoms with Crippen LogP contribution in [0.3, 0.4) is 0 Å². The summed E-state index contributed by atoms with van der Waals surface area (Å²) in [5.41, 5.74) is 2.61. The van der Waals surface area contributed by atoms with Crippen LogP contribution >= 0.6 is 0 Å². The molecule has 98 valence electrons.